The van der Waals surface area contributed by atoms with Gasteiger partial charge in [0.1, 0.15) is 0 Å². The van der Waals surface area contributed by atoms with E-state index in [0.29, 0.717) is 10.0 Å². The van der Waals surface area contributed by atoms with Gasteiger partial charge in [0.2, 0.25) is 0 Å². The lowest BCUT2D eigenvalue weighted by atomic mass is 10.1. The maximum absolute atomic E-state index is 6.08. The number of imidazole rings is 1. The highest BCUT2D eigenvalue weighted by atomic mass is 35.5. The quantitative estimate of drug-likeness (QED) is 0.804. The first-order valence-electron chi connectivity index (χ1n) is 4.66. The first-order chi connectivity index (χ1) is 7.27. The number of nitrogens with zero attached hydrogens (tertiary/aromatic N) is 2. The van der Waals surface area contributed by atoms with Gasteiger partial charge in [-0.2, -0.15) is 0 Å². The molecule has 2 rings (SSSR count). The molecule has 0 atom stereocenters. The molecule has 0 fully saturated rings. The van der Waals surface area contributed by atoms with E-state index in [0.717, 1.165) is 18.5 Å². The molecule has 0 bridgehead atoms. The van der Waals surface area contributed by atoms with Gasteiger partial charge in [-0.1, -0.05) is 35.3 Å². The van der Waals surface area contributed by atoms with Gasteiger partial charge in [-0.3, -0.25) is 0 Å². The van der Waals surface area contributed by atoms with Gasteiger partial charge in [-0.15, -0.1) is 0 Å². The van der Waals surface area contributed by atoms with Crippen LogP contribution in [0.5, 0.6) is 0 Å². The monoisotopic (exact) mass is 240 g/mol. The Kier molecular flexibility index (Phi) is 3.29. The van der Waals surface area contributed by atoms with Crippen molar-refractivity contribution in [3.63, 3.8) is 0 Å². The largest absolute Gasteiger partial charge is 0.337 e. The number of hydrogen-bond acceptors (Lipinski definition) is 1. The summed E-state index contributed by atoms with van der Waals surface area (Å²) in [6.45, 7) is 0.861. The molecule has 1 aromatic heterocycles. The van der Waals surface area contributed by atoms with Crippen LogP contribution in [0.2, 0.25) is 10.0 Å². The third kappa shape index (κ3) is 2.52. The van der Waals surface area contributed by atoms with Gasteiger partial charge < -0.3 is 4.57 Å². The second-order valence-corrected chi connectivity index (χ2v) is 4.05. The van der Waals surface area contributed by atoms with Gasteiger partial charge in [0, 0.05) is 18.9 Å². The van der Waals surface area contributed by atoms with Crippen molar-refractivity contribution in [2.75, 3.05) is 0 Å². The van der Waals surface area contributed by atoms with Crippen molar-refractivity contribution in [2.24, 2.45) is 0 Å². The third-order valence-corrected chi connectivity index (χ3v) is 3.09. The summed E-state index contributed by atoms with van der Waals surface area (Å²) in [6.07, 6.45) is 6.34. The molecule has 0 N–H and O–H groups in total. The lowest BCUT2D eigenvalue weighted by Gasteiger charge is -2.05. The molecule has 1 heterocycles. The molecule has 0 saturated heterocycles. The summed E-state index contributed by atoms with van der Waals surface area (Å²) in [7, 11) is 0. The summed E-state index contributed by atoms with van der Waals surface area (Å²) in [6, 6.07) is 5.70. The number of rotatable bonds is 3. The number of hydrogen-bond donors (Lipinski definition) is 0. The zero-order valence-corrected chi connectivity index (χ0v) is 9.54. The molecule has 15 heavy (non-hydrogen) atoms. The topological polar surface area (TPSA) is 17.8 Å². The second-order valence-electron chi connectivity index (χ2n) is 3.26. The maximum Gasteiger partial charge on any atom is 0.0946 e. The van der Waals surface area contributed by atoms with Crippen LogP contribution >= 0.6 is 23.2 Å². The van der Waals surface area contributed by atoms with Crippen molar-refractivity contribution in [1.29, 1.82) is 0 Å². The zero-order chi connectivity index (χ0) is 10.7. The van der Waals surface area contributed by atoms with Crippen molar-refractivity contribution in [3.05, 3.63) is 52.5 Å². The Labute approximate surface area is 98.5 Å². The first kappa shape index (κ1) is 10.5. The number of aryl methyl sites for hydroxylation is 2. The Morgan fingerprint density at radius 2 is 2.13 bits per heavy atom. The predicted molar refractivity (Wildman–Crippen MR) is 62.4 cm³/mol. The molecule has 0 unspecified atom stereocenters. The standard InChI is InChI=1S/C11H10Cl2N2/c12-10-3-1-2-9(11(10)13)4-6-15-7-5-14-8-15/h1-3,5,7-8H,4,6H2. The molecule has 78 valence electrons. The molecule has 0 radical (unpaired) electrons. The van der Waals surface area contributed by atoms with Gasteiger partial charge in [0.15, 0.2) is 0 Å². The molecular formula is C11H10Cl2N2. The van der Waals surface area contributed by atoms with Crippen molar-refractivity contribution in [2.45, 2.75) is 13.0 Å². The van der Waals surface area contributed by atoms with Crippen LogP contribution in [0.15, 0.2) is 36.9 Å². The average molecular weight is 241 g/mol. The minimum atomic E-state index is 0.611. The molecule has 0 amide bonds. The predicted octanol–water partition coefficient (Wildman–Crippen LogP) is 3.43. The molecule has 0 aliphatic heterocycles. The molecule has 2 aromatic rings. The van der Waals surface area contributed by atoms with Crippen LogP contribution < -0.4 is 0 Å². The fraction of sp³-hybridized carbons (Fsp3) is 0.182. The van der Waals surface area contributed by atoms with Crippen molar-refractivity contribution < 1.29 is 0 Å². The second kappa shape index (κ2) is 4.69. The number of benzene rings is 1. The summed E-state index contributed by atoms with van der Waals surface area (Å²) in [4.78, 5) is 3.98. The van der Waals surface area contributed by atoms with Crippen LogP contribution in [0.1, 0.15) is 5.56 Å². The van der Waals surface area contributed by atoms with Gasteiger partial charge in [-0.05, 0) is 18.1 Å². The highest BCUT2D eigenvalue weighted by Crippen LogP contribution is 2.25. The molecule has 0 aliphatic carbocycles. The van der Waals surface area contributed by atoms with Crippen LogP contribution in [0, 0.1) is 0 Å². The van der Waals surface area contributed by atoms with E-state index in [1.165, 1.54) is 0 Å². The molecular weight excluding hydrogens is 231 g/mol. The van der Waals surface area contributed by atoms with Crippen molar-refractivity contribution in [1.82, 2.24) is 9.55 Å². The maximum atomic E-state index is 6.08. The molecule has 1 aromatic carbocycles. The molecule has 0 aliphatic rings. The van der Waals surface area contributed by atoms with Crippen molar-refractivity contribution in [3.8, 4) is 0 Å². The Balaban J connectivity index is 2.08. The Hall–Kier alpha value is -0.990. The normalized spacial score (nSPS) is 10.5. The van der Waals surface area contributed by atoms with Gasteiger partial charge >= 0.3 is 0 Å². The first-order valence-corrected chi connectivity index (χ1v) is 5.41. The molecule has 0 saturated carbocycles. The lowest BCUT2D eigenvalue weighted by molar-refractivity contribution is 0.696. The van der Waals surface area contributed by atoms with E-state index in [1.54, 1.807) is 18.6 Å². The smallest absolute Gasteiger partial charge is 0.0946 e. The Morgan fingerprint density at radius 1 is 1.27 bits per heavy atom. The third-order valence-electron chi connectivity index (χ3n) is 2.23. The summed E-state index contributed by atoms with van der Waals surface area (Å²) in [5, 5.41) is 1.26. The van der Waals surface area contributed by atoms with Crippen LogP contribution in [-0.4, -0.2) is 9.55 Å². The fourth-order valence-electron chi connectivity index (χ4n) is 1.41. The van der Waals surface area contributed by atoms with Gasteiger partial charge in [0.25, 0.3) is 0 Å². The van der Waals surface area contributed by atoms with Crippen LogP contribution in [-0.2, 0) is 13.0 Å². The molecule has 2 nitrogen and oxygen atoms in total. The van der Waals surface area contributed by atoms with E-state index < -0.39 is 0 Å². The summed E-state index contributed by atoms with van der Waals surface area (Å²) in [5.41, 5.74) is 1.07. The van der Waals surface area contributed by atoms with Crippen molar-refractivity contribution >= 4 is 23.2 Å². The lowest BCUT2D eigenvalue weighted by Crippen LogP contribution is -1.99. The van der Waals surface area contributed by atoms with E-state index in [1.807, 2.05) is 22.9 Å². The minimum absolute atomic E-state index is 0.611. The summed E-state index contributed by atoms with van der Waals surface area (Å²) >= 11 is 12.0. The van der Waals surface area contributed by atoms with E-state index in [-0.39, 0.29) is 0 Å². The number of aromatic nitrogens is 2. The van der Waals surface area contributed by atoms with E-state index in [4.69, 9.17) is 23.2 Å². The fourth-order valence-corrected chi connectivity index (χ4v) is 1.82. The zero-order valence-electron chi connectivity index (χ0n) is 8.03. The minimum Gasteiger partial charge on any atom is -0.337 e. The molecule has 0 spiro atoms. The van der Waals surface area contributed by atoms with Gasteiger partial charge in [0.05, 0.1) is 16.4 Å². The Morgan fingerprint density at radius 3 is 2.87 bits per heavy atom. The Bertz CT molecular complexity index is 438. The van der Waals surface area contributed by atoms with Gasteiger partial charge in [-0.25, -0.2) is 4.98 Å². The van der Waals surface area contributed by atoms with Crippen LogP contribution in [0.3, 0.4) is 0 Å². The van der Waals surface area contributed by atoms with Crippen LogP contribution in [0.4, 0.5) is 0 Å². The summed E-state index contributed by atoms with van der Waals surface area (Å²) in [5.74, 6) is 0. The molecule has 4 heteroatoms. The van der Waals surface area contributed by atoms with E-state index >= 15 is 0 Å². The number of halogens is 2. The highest BCUT2D eigenvalue weighted by Gasteiger charge is 2.03. The highest BCUT2D eigenvalue weighted by molar-refractivity contribution is 6.42. The average Bonchev–Trinajstić information content (AvgIpc) is 2.73. The summed E-state index contributed by atoms with van der Waals surface area (Å²) < 4.78 is 2.01. The van der Waals surface area contributed by atoms with E-state index in [9.17, 15) is 0 Å². The van der Waals surface area contributed by atoms with Crippen LogP contribution in [0.25, 0.3) is 0 Å². The SMILES string of the molecule is Clc1cccc(CCn2ccnc2)c1Cl. The van der Waals surface area contributed by atoms with E-state index in [2.05, 4.69) is 4.98 Å².